The van der Waals surface area contributed by atoms with E-state index >= 15 is 0 Å². The highest BCUT2D eigenvalue weighted by Crippen LogP contribution is 2.25. The number of primary amides is 1. The van der Waals surface area contributed by atoms with Crippen molar-refractivity contribution in [3.63, 3.8) is 0 Å². The molecule has 114 valence electrons. The van der Waals surface area contributed by atoms with Crippen LogP contribution in [-0.4, -0.2) is 35.0 Å². The van der Waals surface area contributed by atoms with E-state index in [-0.39, 0.29) is 35.4 Å². The SMILES string of the molecule is NC(=O)[C@@H]1CCN(C(=O)c2cc(-c3ccccc3F)on2)C1. The van der Waals surface area contributed by atoms with Crippen LogP contribution in [-0.2, 0) is 4.79 Å². The lowest BCUT2D eigenvalue weighted by Crippen LogP contribution is -2.31. The molecule has 1 aliphatic rings. The third-order valence-electron chi connectivity index (χ3n) is 3.75. The Labute approximate surface area is 125 Å². The lowest BCUT2D eigenvalue weighted by atomic mass is 10.1. The summed E-state index contributed by atoms with van der Waals surface area (Å²) in [6, 6.07) is 7.48. The number of rotatable bonds is 3. The predicted octanol–water partition coefficient (Wildman–Crippen LogP) is 1.43. The molecular weight excluding hydrogens is 289 g/mol. The number of aromatic nitrogens is 1. The maximum Gasteiger partial charge on any atom is 0.276 e. The fourth-order valence-electron chi connectivity index (χ4n) is 2.50. The van der Waals surface area contributed by atoms with E-state index in [0.717, 1.165) is 0 Å². The van der Waals surface area contributed by atoms with Crippen LogP contribution >= 0.6 is 0 Å². The number of benzene rings is 1. The number of carbonyl (C=O) groups excluding carboxylic acids is 2. The lowest BCUT2D eigenvalue weighted by molar-refractivity contribution is -0.121. The van der Waals surface area contributed by atoms with Crippen LogP contribution < -0.4 is 5.73 Å². The first kappa shape index (κ1) is 14.2. The summed E-state index contributed by atoms with van der Waals surface area (Å²) in [5.74, 6) is -1.36. The van der Waals surface area contributed by atoms with Crippen LogP contribution in [0.3, 0.4) is 0 Å². The minimum Gasteiger partial charge on any atom is -0.369 e. The molecule has 1 aromatic carbocycles. The van der Waals surface area contributed by atoms with Crippen molar-refractivity contribution in [2.45, 2.75) is 6.42 Å². The van der Waals surface area contributed by atoms with Crippen molar-refractivity contribution in [2.24, 2.45) is 11.7 Å². The molecule has 1 saturated heterocycles. The van der Waals surface area contributed by atoms with Gasteiger partial charge in [-0.3, -0.25) is 9.59 Å². The lowest BCUT2D eigenvalue weighted by Gasteiger charge is -2.13. The van der Waals surface area contributed by atoms with Crippen molar-refractivity contribution in [1.82, 2.24) is 10.1 Å². The topological polar surface area (TPSA) is 89.4 Å². The van der Waals surface area contributed by atoms with Gasteiger partial charge in [-0.1, -0.05) is 17.3 Å². The van der Waals surface area contributed by atoms with Gasteiger partial charge in [-0.25, -0.2) is 4.39 Å². The average molecular weight is 303 g/mol. The molecule has 22 heavy (non-hydrogen) atoms. The van der Waals surface area contributed by atoms with Crippen molar-refractivity contribution in [2.75, 3.05) is 13.1 Å². The molecule has 0 spiro atoms. The molecule has 6 nitrogen and oxygen atoms in total. The van der Waals surface area contributed by atoms with E-state index in [1.54, 1.807) is 18.2 Å². The summed E-state index contributed by atoms with van der Waals surface area (Å²) in [6.45, 7) is 0.713. The van der Waals surface area contributed by atoms with Gasteiger partial charge in [-0.15, -0.1) is 0 Å². The van der Waals surface area contributed by atoms with Crippen LogP contribution in [0.2, 0.25) is 0 Å². The van der Waals surface area contributed by atoms with Crippen molar-refractivity contribution in [3.05, 3.63) is 41.8 Å². The van der Waals surface area contributed by atoms with Gasteiger partial charge >= 0.3 is 0 Å². The van der Waals surface area contributed by atoms with E-state index in [1.807, 2.05) is 0 Å². The first-order valence-electron chi connectivity index (χ1n) is 6.86. The number of amides is 2. The van der Waals surface area contributed by atoms with Crippen LogP contribution in [0.25, 0.3) is 11.3 Å². The summed E-state index contributed by atoms with van der Waals surface area (Å²) >= 11 is 0. The Morgan fingerprint density at radius 3 is 2.82 bits per heavy atom. The van der Waals surface area contributed by atoms with Crippen molar-refractivity contribution < 1.29 is 18.5 Å². The second kappa shape index (κ2) is 5.59. The summed E-state index contributed by atoms with van der Waals surface area (Å²) in [5, 5.41) is 3.70. The van der Waals surface area contributed by atoms with E-state index in [0.29, 0.717) is 13.0 Å². The van der Waals surface area contributed by atoms with E-state index in [2.05, 4.69) is 5.16 Å². The highest BCUT2D eigenvalue weighted by atomic mass is 19.1. The van der Waals surface area contributed by atoms with Crippen molar-refractivity contribution in [3.8, 4) is 11.3 Å². The van der Waals surface area contributed by atoms with E-state index < -0.39 is 11.7 Å². The van der Waals surface area contributed by atoms with Gasteiger partial charge in [0, 0.05) is 19.2 Å². The number of hydrogen-bond donors (Lipinski definition) is 1. The number of likely N-dealkylation sites (tertiary alicyclic amines) is 1. The Kier molecular flexibility index (Phi) is 3.62. The van der Waals surface area contributed by atoms with Gasteiger partial charge in [0.1, 0.15) is 5.82 Å². The molecular formula is C15H14FN3O3. The Balaban J connectivity index is 1.78. The fraction of sp³-hybridized carbons (Fsp3) is 0.267. The molecule has 2 heterocycles. The van der Waals surface area contributed by atoms with Gasteiger partial charge in [0.25, 0.3) is 5.91 Å². The molecule has 1 aliphatic heterocycles. The Morgan fingerprint density at radius 2 is 2.14 bits per heavy atom. The zero-order valence-electron chi connectivity index (χ0n) is 11.7. The van der Waals surface area contributed by atoms with Gasteiger partial charge < -0.3 is 15.2 Å². The Bertz CT molecular complexity index is 728. The fourth-order valence-corrected chi connectivity index (χ4v) is 2.50. The molecule has 1 aromatic heterocycles. The zero-order valence-corrected chi connectivity index (χ0v) is 11.7. The van der Waals surface area contributed by atoms with E-state index in [4.69, 9.17) is 10.3 Å². The molecule has 0 saturated carbocycles. The molecule has 0 aliphatic carbocycles. The summed E-state index contributed by atoms with van der Waals surface area (Å²) in [5.41, 5.74) is 5.57. The van der Waals surface area contributed by atoms with Gasteiger partial charge in [0.2, 0.25) is 5.91 Å². The highest BCUT2D eigenvalue weighted by Gasteiger charge is 2.31. The third kappa shape index (κ3) is 2.57. The van der Waals surface area contributed by atoms with E-state index in [9.17, 15) is 14.0 Å². The average Bonchev–Trinajstić information content (AvgIpc) is 3.17. The second-order valence-electron chi connectivity index (χ2n) is 5.20. The summed E-state index contributed by atoms with van der Waals surface area (Å²) in [6.07, 6.45) is 0.541. The maximum atomic E-state index is 13.7. The van der Waals surface area contributed by atoms with Gasteiger partial charge in [0.05, 0.1) is 11.5 Å². The summed E-state index contributed by atoms with van der Waals surface area (Å²) < 4.78 is 18.7. The smallest absolute Gasteiger partial charge is 0.276 e. The molecule has 1 fully saturated rings. The molecule has 1 atom stereocenters. The monoisotopic (exact) mass is 303 g/mol. The molecule has 0 unspecified atom stereocenters. The predicted molar refractivity (Wildman–Crippen MR) is 75.1 cm³/mol. The van der Waals surface area contributed by atoms with Crippen molar-refractivity contribution in [1.29, 1.82) is 0 Å². The largest absolute Gasteiger partial charge is 0.369 e. The van der Waals surface area contributed by atoms with Crippen LogP contribution in [0, 0.1) is 11.7 Å². The standard InChI is InChI=1S/C15H14FN3O3/c16-11-4-2-1-3-10(11)13-7-12(18-22-13)15(21)19-6-5-9(8-19)14(17)20/h1-4,7,9H,5-6,8H2,(H2,17,20)/t9-/m1/s1. The molecule has 0 radical (unpaired) electrons. The molecule has 0 bridgehead atoms. The maximum absolute atomic E-state index is 13.7. The van der Waals surface area contributed by atoms with Gasteiger partial charge in [-0.2, -0.15) is 0 Å². The van der Waals surface area contributed by atoms with Crippen LogP contribution in [0.15, 0.2) is 34.9 Å². The normalized spacial score (nSPS) is 17.7. The molecule has 3 rings (SSSR count). The van der Waals surface area contributed by atoms with Gasteiger partial charge in [-0.05, 0) is 18.6 Å². The van der Waals surface area contributed by atoms with Crippen LogP contribution in [0.5, 0.6) is 0 Å². The number of nitrogens with zero attached hydrogens (tertiary/aromatic N) is 2. The number of carbonyl (C=O) groups is 2. The number of halogens is 1. The first-order chi connectivity index (χ1) is 10.6. The molecule has 2 aromatic rings. The Morgan fingerprint density at radius 1 is 1.36 bits per heavy atom. The number of nitrogens with two attached hydrogens (primary N) is 1. The zero-order chi connectivity index (χ0) is 15.7. The van der Waals surface area contributed by atoms with E-state index in [1.165, 1.54) is 17.0 Å². The van der Waals surface area contributed by atoms with Crippen molar-refractivity contribution >= 4 is 11.8 Å². The molecule has 2 amide bonds. The van der Waals surface area contributed by atoms with Crippen LogP contribution in [0.4, 0.5) is 4.39 Å². The number of hydrogen-bond acceptors (Lipinski definition) is 4. The minimum absolute atomic E-state index is 0.0865. The minimum atomic E-state index is -0.451. The highest BCUT2D eigenvalue weighted by molar-refractivity contribution is 5.94. The third-order valence-corrected chi connectivity index (χ3v) is 3.75. The molecule has 2 N–H and O–H groups in total. The Hall–Kier alpha value is -2.70. The molecule has 7 heteroatoms. The van der Waals surface area contributed by atoms with Crippen LogP contribution in [0.1, 0.15) is 16.9 Å². The second-order valence-corrected chi connectivity index (χ2v) is 5.20. The first-order valence-corrected chi connectivity index (χ1v) is 6.86. The van der Waals surface area contributed by atoms with Gasteiger partial charge in [0.15, 0.2) is 11.5 Å². The summed E-state index contributed by atoms with van der Waals surface area (Å²) in [7, 11) is 0. The summed E-state index contributed by atoms with van der Waals surface area (Å²) in [4.78, 5) is 24.9. The quantitative estimate of drug-likeness (QED) is 0.928.